The van der Waals surface area contributed by atoms with Gasteiger partial charge in [-0.1, -0.05) is 59.6 Å². The minimum Gasteiger partial charge on any atom is -0.444 e. The molecule has 0 aromatic heterocycles. The molecule has 0 saturated carbocycles. The van der Waals surface area contributed by atoms with E-state index < -0.39 is 18.0 Å². The molecule has 2 aromatic rings. The highest BCUT2D eigenvalue weighted by Crippen LogP contribution is 2.25. The van der Waals surface area contributed by atoms with Crippen LogP contribution in [0, 0.1) is 0 Å². The summed E-state index contributed by atoms with van der Waals surface area (Å²) in [7, 11) is 0. The first-order valence-corrected chi connectivity index (χ1v) is 7.90. The fourth-order valence-corrected chi connectivity index (χ4v) is 2.55. The van der Waals surface area contributed by atoms with Gasteiger partial charge in [-0.2, -0.15) is 0 Å². The standard InChI is InChI=1S/C18H15Cl2NO3/c1-2-6-16(22)24-17(12-7-4-3-5-8-12)18(23)21-15-10-13(19)9-14(20)11-15/h2-11,17H,1H3,(H,21,23)/b6-2+/t17-/m0/s1. The third kappa shape index (κ3) is 5.11. The largest absolute Gasteiger partial charge is 0.444 e. The average Bonchev–Trinajstić information content (AvgIpc) is 2.52. The van der Waals surface area contributed by atoms with Crippen LogP contribution in [-0.2, 0) is 14.3 Å². The fraction of sp³-hybridized carbons (Fsp3) is 0.111. The van der Waals surface area contributed by atoms with Gasteiger partial charge in [-0.15, -0.1) is 0 Å². The molecule has 0 aliphatic rings. The number of allylic oxidation sites excluding steroid dienone is 1. The molecular weight excluding hydrogens is 349 g/mol. The monoisotopic (exact) mass is 363 g/mol. The number of esters is 1. The van der Waals surface area contributed by atoms with Gasteiger partial charge in [0.1, 0.15) is 0 Å². The highest BCUT2D eigenvalue weighted by Gasteiger charge is 2.24. The first kappa shape index (κ1) is 18.0. The van der Waals surface area contributed by atoms with Crippen molar-refractivity contribution in [2.75, 3.05) is 5.32 Å². The summed E-state index contributed by atoms with van der Waals surface area (Å²) in [5.41, 5.74) is 0.974. The molecule has 0 aliphatic heterocycles. The van der Waals surface area contributed by atoms with Gasteiger partial charge in [0, 0.05) is 27.4 Å². The third-order valence-electron chi connectivity index (χ3n) is 3.01. The lowest BCUT2D eigenvalue weighted by atomic mass is 10.1. The lowest BCUT2D eigenvalue weighted by Gasteiger charge is -2.17. The number of carbonyl (C=O) groups excluding carboxylic acids is 2. The Bertz CT molecular complexity index is 740. The van der Waals surface area contributed by atoms with Gasteiger partial charge >= 0.3 is 5.97 Å². The van der Waals surface area contributed by atoms with Crippen LogP contribution >= 0.6 is 23.2 Å². The topological polar surface area (TPSA) is 55.4 Å². The second-order valence-electron chi connectivity index (χ2n) is 4.87. The van der Waals surface area contributed by atoms with Gasteiger partial charge in [0.05, 0.1) is 0 Å². The molecule has 0 bridgehead atoms. The van der Waals surface area contributed by atoms with E-state index in [2.05, 4.69) is 5.32 Å². The predicted octanol–water partition coefficient (Wildman–Crippen LogP) is 4.79. The molecule has 0 spiro atoms. The maximum absolute atomic E-state index is 12.6. The van der Waals surface area contributed by atoms with Crippen LogP contribution in [0.3, 0.4) is 0 Å². The zero-order valence-electron chi connectivity index (χ0n) is 12.8. The van der Waals surface area contributed by atoms with Crippen LogP contribution < -0.4 is 5.32 Å². The molecule has 0 fully saturated rings. The Morgan fingerprint density at radius 1 is 1.08 bits per heavy atom. The second-order valence-corrected chi connectivity index (χ2v) is 5.75. The second kappa shape index (κ2) is 8.52. The molecule has 2 rings (SSSR count). The van der Waals surface area contributed by atoms with Crippen molar-refractivity contribution in [2.45, 2.75) is 13.0 Å². The lowest BCUT2D eigenvalue weighted by Crippen LogP contribution is -2.25. The van der Waals surface area contributed by atoms with Crippen molar-refractivity contribution < 1.29 is 14.3 Å². The van der Waals surface area contributed by atoms with Crippen molar-refractivity contribution >= 4 is 40.8 Å². The van der Waals surface area contributed by atoms with E-state index in [0.717, 1.165) is 0 Å². The first-order valence-electron chi connectivity index (χ1n) is 7.15. The molecule has 0 saturated heterocycles. The Morgan fingerprint density at radius 3 is 2.29 bits per heavy atom. The third-order valence-corrected chi connectivity index (χ3v) is 3.44. The summed E-state index contributed by atoms with van der Waals surface area (Å²) in [4.78, 5) is 24.3. The molecule has 1 amide bonds. The van der Waals surface area contributed by atoms with Crippen molar-refractivity contribution in [3.8, 4) is 0 Å². The van der Waals surface area contributed by atoms with E-state index in [4.69, 9.17) is 27.9 Å². The Balaban J connectivity index is 2.25. The van der Waals surface area contributed by atoms with Crippen LogP contribution in [0.2, 0.25) is 10.0 Å². The smallest absolute Gasteiger partial charge is 0.331 e. The highest BCUT2D eigenvalue weighted by molar-refractivity contribution is 6.35. The summed E-state index contributed by atoms with van der Waals surface area (Å²) < 4.78 is 5.27. The molecule has 124 valence electrons. The molecule has 1 N–H and O–H groups in total. The number of nitrogens with one attached hydrogen (secondary N) is 1. The zero-order valence-corrected chi connectivity index (χ0v) is 14.3. The molecule has 2 aromatic carbocycles. The minimum absolute atomic E-state index is 0.389. The number of rotatable bonds is 5. The van der Waals surface area contributed by atoms with Crippen LogP contribution in [0.4, 0.5) is 5.69 Å². The summed E-state index contributed by atoms with van der Waals surface area (Å²) in [5.74, 6) is -1.11. The van der Waals surface area contributed by atoms with Crippen LogP contribution in [0.5, 0.6) is 0 Å². The van der Waals surface area contributed by atoms with E-state index in [1.807, 2.05) is 6.07 Å². The molecule has 6 heteroatoms. The Hall–Kier alpha value is -2.30. The summed E-state index contributed by atoms with van der Waals surface area (Å²) in [6.07, 6.45) is 1.70. The molecule has 0 radical (unpaired) electrons. The molecule has 24 heavy (non-hydrogen) atoms. The van der Waals surface area contributed by atoms with Crippen molar-refractivity contribution in [1.82, 2.24) is 0 Å². The SMILES string of the molecule is C/C=C/C(=O)O[C@H](C(=O)Nc1cc(Cl)cc(Cl)c1)c1ccccc1. The number of ether oxygens (including phenoxy) is 1. The normalized spacial score (nSPS) is 12.0. The lowest BCUT2D eigenvalue weighted by molar-refractivity contribution is -0.149. The molecule has 1 atom stereocenters. The molecule has 0 heterocycles. The number of hydrogen-bond acceptors (Lipinski definition) is 3. The number of anilines is 1. The van der Waals surface area contributed by atoms with Gasteiger partial charge in [0.2, 0.25) is 6.10 Å². The van der Waals surface area contributed by atoms with E-state index in [1.54, 1.807) is 55.5 Å². The van der Waals surface area contributed by atoms with E-state index in [0.29, 0.717) is 21.3 Å². The maximum Gasteiger partial charge on any atom is 0.331 e. The van der Waals surface area contributed by atoms with Gasteiger partial charge in [0.25, 0.3) is 5.91 Å². The quantitative estimate of drug-likeness (QED) is 0.613. The fourth-order valence-electron chi connectivity index (χ4n) is 2.03. The summed E-state index contributed by atoms with van der Waals surface area (Å²) >= 11 is 11.9. The van der Waals surface area contributed by atoms with Crippen LogP contribution in [0.25, 0.3) is 0 Å². The van der Waals surface area contributed by atoms with Gasteiger partial charge in [-0.25, -0.2) is 4.79 Å². The van der Waals surface area contributed by atoms with E-state index in [1.165, 1.54) is 6.08 Å². The Labute approximate surface area is 150 Å². The van der Waals surface area contributed by atoms with E-state index in [9.17, 15) is 9.59 Å². The van der Waals surface area contributed by atoms with Gasteiger partial charge < -0.3 is 10.1 Å². The summed E-state index contributed by atoms with van der Waals surface area (Å²) in [5, 5.41) is 3.44. The zero-order chi connectivity index (χ0) is 17.5. The minimum atomic E-state index is -1.09. The highest BCUT2D eigenvalue weighted by atomic mass is 35.5. The number of carbonyl (C=O) groups is 2. The van der Waals surface area contributed by atoms with Crippen LogP contribution in [0.1, 0.15) is 18.6 Å². The number of halogens is 2. The van der Waals surface area contributed by atoms with E-state index in [-0.39, 0.29) is 0 Å². The average molecular weight is 364 g/mol. The van der Waals surface area contributed by atoms with Crippen molar-refractivity contribution in [1.29, 1.82) is 0 Å². The summed E-state index contributed by atoms with van der Waals surface area (Å²) in [6.45, 7) is 1.69. The van der Waals surface area contributed by atoms with E-state index >= 15 is 0 Å². The summed E-state index contributed by atoms with van der Waals surface area (Å²) in [6, 6.07) is 13.4. The van der Waals surface area contributed by atoms with Crippen molar-refractivity contribution in [3.63, 3.8) is 0 Å². The molecule has 0 unspecified atom stereocenters. The Morgan fingerprint density at radius 2 is 1.71 bits per heavy atom. The van der Waals surface area contributed by atoms with Crippen LogP contribution in [-0.4, -0.2) is 11.9 Å². The maximum atomic E-state index is 12.6. The number of amides is 1. The van der Waals surface area contributed by atoms with Gasteiger partial charge in [0.15, 0.2) is 0 Å². The van der Waals surface area contributed by atoms with Crippen molar-refractivity contribution in [3.05, 3.63) is 76.3 Å². The van der Waals surface area contributed by atoms with Crippen molar-refractivity contribution in [2.24, 2.45) is 0 Å². The number of benzene rings is 2. The predicted molar refractivity (Wildman–Crippen MR) is 95.2 cm³/mol. The molecule has 0 aliphatic carbocycles. The number of hydrogen-bond donors (Lipinski definition) is 1. The van der Waals surface area contributed by atoms with Crippen LogP contribution in [0.15, 0.2) is 60.7 Å². The molecule has 4 nitrogen and oxygen atoms in total. The Kier molecular flexibility index (Phi) is 6.41. The van der Waals surface area contributed by atoms with Gasteiger partial charge in [-0.3, -0.25) is 4.79 Å². The molecular formula is C18H15Cl2NO3. The van der Waals surface area contributed by atoms with Gasteiger partial charge in [-0.05, 0) is 25.1 Å². The first-order chi connectivity index (χ1) is 11.5.